The molecule has 2 heterocycles. The number of carboxylic acid groups (broad SMARTS) is 1. The van der Waals surface area contributed by atoms with Gasteiger partial charge in [-0.05, 0) is 38.1 Å². The maximum absolute atomic E-state index is 13.7. The molecule has 0 bridgehead atoms. The number of para-hydroxylation sites is 1. The number of aromatic nitrogens is 3. The van der Waals surface area contributed by atoms with E-state index < -0.39 is 17.4 Å². The van der Waals surface area contributed by atoms with Crippen molar-refractivity contribution in [2.75, 3.05) is 0 Å². The molecule has 2 N–H and O–H groups in total. The van der Waals surface area contributed by atoms with Gasteiger partial charge in [-0.3, -0.25) is 9.59 Å². The molecule has 0 radical (unpaired) electrons. The summed E-state index contributed by atoms with van der Waals surface area (Å²) >= 11 is 5.92. The first-order chi connectivity index (χ1) is 17.1. The van der Waals surface area contributed by atoms with Crippen molar-refractivity contribution in [2.24, 2.45) is 7.05 Å². The van der Waals surface area contributed by atoms with Crippen molar-refractivity contribution < 1.29 is 14.7 Å². The van der Waals surface area contributed by atoms with Gasteiger partial charge < -0.3 is 15.0 Å². The maximum atomic E-state index is 13.7. The average molecular weight is 503 g/mol. The second-order valence-electron chi connectivity index (χ2n) is 8.17. The Kier molecular flexibility index (Phi) is 6.63. The fourth-order valence-corrected chi connectivity index (χ4v) is 4.22. The largest absolute Gasteiger partial charge is 0.478 e. The van der Waals surface area contributed by atoms with E-state index in [1.165, 1.54) is 23.8 Å². The SMILES string of the molecule is C=C(Cl)/C=C(NC(=O)c1nn(-c2ccc(C)cc2)c(=O)c2c1c1ccccc1n2C)\C(=C/C)C(=O)O. The van der Waals surface area contributed by atoms with Crippen molar-refractivity contribution in [1.82, 2.24) is 19.7 Å². The Labute approximate surface area is 211 Å². The van der Waals surface area contributed by atoms with Crippen molar-refractivity contribution >= 4 is 45.3 Å². The van der Waals surface area contributed by atoms with Crippen LogP contribution < -0.4 is 10.9 Å². The number of aryl methyl sites for hydroxylation is 2. The monoisotopic (exact) mass is 502 g/mol. The smallest absolute Gasteiger partial charge is 0.337 e. The number of carboxylic acids is 1. The predicted molar refractivity (Wildman–Crippen MR) is 140 cm³/mol. The van der Waals surface area contributed by atoms with Crippen molar-refractivity contribution in [3.63, 3.8) is 0 Å². The highest BCUT2D eigenvalue weighted by molar-refractivity contribution is 6.31. The normalized spacial score (nSPS) is 12.2. The van der Waals surface area contributed by atoms with Crippen molar-refractivity contribution in [2.45, 2.75) is 13.8 Å². The Bertz CT molecular complexity index is 1670. The Morgan fingerprint density at radius 2 is 1.81 bits per heavy atom. The van der Waals surface area contributed by atoms with Crippen molar-refractivity contribution in [3.05, 3.63) is 105 Å². The van der Waals surface area contributed by atoms with Crippen LogP contribution in [-0.4, -0.2) is 31.3 Å². The maximum Gasteiger partial charge on any atom is 0.337 e. The summed E-state index contributed by atoms with van der Waals surface area (Å²) in [6.07, 6.45) is 2.58. The molecule has 9 heteroatoms. The molecule has 0 saturated carbocycles. The van der Waals surface area contributed by atoms with Crippen LogP contribution in [0.15, 0.2) is 88.4 Å². The summed E-state index contributed by atoms with van der Waals surface area (Å²) in [4.78, 5) is 39.1. The van der Waals surface area contributed by atoms with E-state index in [1.807, 2.05) is 31.2 Å². The van der Waals surface area contributed by atoms with Crippen LogP contribution in [0.1, 0.15) is 23.0 Å². The summed E-state index contributed by atoms with van der Waals surface area (Å²) in [5.74, 6) is -1.96. The molecule has 4 aromatic rings. The summed E-state index contributed by atoms with van der Waals surface area (Å²) < 4.78 is 2.90. The minimum atomic E-state index is -1.25. The van der Waals surface area contributed by atoms with Crippen LogP contribution in [0.5, 0.6) is 0 Å². The van der Waals surface area contributed by atoms with Crippen LogP contribution >= 0.6 is 11.6 Å². The van der Waals surface area contributed by atoms with Gasteiger partial charge in [-0.15, -0.1) is 0 Å². The Balaban J connectivity index is 2.02. The van der Waals surface area contributed by atoms with Crippen LogP contribution in [0.3, 0.4) is 0 Å². The third kappa shape index (κ3) is 4.34. The number of allylic oxidation sites excluding steroid dienone is 3. The van der Waals surface area contributed by atoms with Gasteiger partial charge in [-0.25, -0.2) is 4.79 Å². The number of fused-ring (bicyclic) bond motifs is 3. The third-order valence-electron chi connectivity index (χ3n) is 5.79. The topological polar surface area (TPSA) is 106 Å². The standard InChI is InChI=1S/C27H23ClN4O4/c1-5-18(27(35)36)20(14-16(3)28)29-25(33)23-22-19-8-6-7-9-21(19)31(4)24(22)26(34)32(30-23)17-12-10-15(2)11-13-17/h5-14H,3H2,1-2,4H3,(H,29,33)(H,35,36)/b18-5+,20-14+. The highest BCUT2D eigenvalue weighted by Crippen LogP contribution is 2.29. The molecule has 0 aliphatic carbocycles. The lowest BCUT2D eigenvalue weighted by atomic mass is 10.1. The van der Waals surface area contributed by atoms with E-state index >= 15 is 0 Å². The second kappa shape index (κ2) is 9.67. The summed E-state index contributed by atoms with van der Waals surface area (Å²) in [5.41, 5.74) is 1.84. The molecule has 2 aromatic carbocycles. The number of rotatable bonds is 6. The number of carbonyl (C=O) groups excluding carboxylic acids is 1. The van der Waals surface area contributed by atoms with E-state index in [1.54, 1.807) is 35.9 Å². The third-order valence-corrected chi connectivity index (χ3v) is 5.90. The minimum Gasteiger partial charge on any atom is -0.478 e. The Morgan fingerprint density at radius 3 is 2.42 bits per heavy atom. The summed E-state index contributed by atoms with van der Waals surface area (Å²) in [6.45, 7) is 7.02. The van der Waals surface area contributed by atoms with Crippen LogP contribution in [0.4, 0.5) is 0 Å². The summed E-state index contributed by atoms with van der Waals surface area (Å²) in [6, 6.07) is 14.5. The Morgan fingerprint density at radius 1 is 1.14 bits per heavy atom. The molecule has 2 aromatic heterocycles. The first-order valence-electron chi connectivity index (χ1n) is 11.0. The Hall–Kier alpha value is -4.43. The fraction of sp³-hybridized carbons (Fsp3) is 0.111. The number of benzene rings is 2. The average Bonchev–Trinajstić information content (AvgIpc) is 3.13. The first kappa shape index (κ1) is 24.7. The molecule has 36 heavy (non-hydrogen) atoms. The van der Waals surface area contributed by atoms with Crippen molar-refractivity contribution in [3.8, 4) is 5.69 Å². The molecule has 8 nitrogen and oxygen atoms in total. The van der Waals surface area contributed by atoms with Crippen LogP contribution in [0.25, 0.3) is 27.5 Å². The number of aliphatic carboxylic acids is 1. The molecule has 0 aliphatic rings. The number of halogens is 1. The molecular formula is C27H23ClN4O4. The molecule has 0 spiro atoms. The molecule has 0 atom stereocenters. The molecule has 0 unspecified atom stereocenters. The van der Waals surface area contributed by atoms with Crippen molar-refractivity contribution in [1.29, 1.82) is 0 Å². The summed E-state index contributed by atoms with van der Waals surface area (Å²) in [5, 5.41) is 17.7. The lowest BCUT2D eigenvalue weighted by molar-refractivity contribution is -0.132. The van der Waals surface area contributed by atoms with Gasteiger partial charge in [-0.1, -0.05) is 60.2 Å². The van der Waals surface area contributed by atoms with Crippen LogP contribution in [-0.2, 0) is 11.8 Å². The zero-order chi connectivity index (χ0) is 26.1. The number of nitrogens with one attached hydrogen (secondary N) is 1. The number of carbonyl (C=O) groups is 2. The number of hydrogen-bond donors (Lipinski definition) is 2. The molecule has 182 valence electrons. The number of amides is 1. The van der Waals surface area contributed by atoms with E-state index in [-0.39, 0.29) is 27.5 Å². The second-order valence-corrected chi connectivity index (χ2v) is 8.65. The number of hydrogen-bond acceptors (Lipinski definition) is 4. The highest BCUT2D eigenvalue weighted by Gasteiger charge is 2.25. The lowest BCUT2D eigenvalue weighted by Crippen LogP contribution is -2.31. The van der Waals surface area contributed by atoms with Gasteiger partial charge in [0.15, 0.2) is 5.69 Å². The zero-order valence-corrected chi connectivity index (χ0v) is 20.6. The van der Waals surface area contributed by atoms with E-state index in [2.05, 4.69) is 17.0 Å². The molecule has 0 saturated heterocycles. The molecule has 1 amide bonds. The van der Waals surface area contributed by atoms with E-state index in [0.717, 1.165) is 11.1 Å². The van der Waals surface area contributed by atoms with Gasteiger partial charge in [-0.2, -0.15) is 9.78 Å². The van der Waals surface area contributed by atoms with E-state index in [4.69, 9.17) is 11.6 Å². The quantitative estimate of drug-likeness (QED) is 0.296. The van der Waals surface area contributed by atoms with Gasteiger partial charge in [0.1, 0.15) is 5.52 Å². The molecular weight excluding hydrogens is 480 g/mol. The van der Waals surface area contributed by atoms with E-state index in [9.17, 15) is 19.5 Å². The number of nitrogens with zero attached hydrogens (tertiary/aromatic N) is 3. The minimum absolute atomic E-state index is 0.0267. The fourth-order valence-electron chi connectivity index (χ4n) is 4.11. The molecule has 4 rings (SSSR count). The molecule has 0 aliphatic heterocycles. The molecule has 0 fully saturated rings. The predicted octanol–water partition coefficient (Wildman–Crippen LogP) is 4.58. The van der Waals surface area contributed by atoms with Gasteiger partial charge >= 0.3 is 5.97 Å². The lowest BCUT2D eigenvalue weighted by Gasteiger charge is -2.13. The summed E-state index contributed by atoms with van der Waals surface area (Å²) in [7, 11) is 1.75. The highest BCUT2D eigenvalue weighted by atomic mass is 35.5. The zero-order valence-electron chi connectivity index (χ0n) is 19.9. The van der Waals surface area contributed by atoms with E-state index in [0.29, 0.717) is 16.5 Å². The van der Waals surface area contributed by atoms with Gasteiger partial charge in [0, 0.05) is 28.4 Å². The van der Waals surface area contributed by atoms with Crippen LogP contribution in [0.2, 0.25) is 0 Å². The van der Waals surface area contributed by atoms with Gasteiger partial charge in [0.2, 0.25) is 0 Å². The van der Waals surface area contributed by atoms with Crippen LogP contribution in [0, 0.1) is 6.92 Å². The van der Waals surface area contributed by atoms with Gasteiger partial charge in [0.25, 0.3) is 11.5 Å². The van der Waals surface area contributed by atoms with Gasteiger partial charge in [0.05, 0.1) is 17.0 Å². The first-order valence-corrected chi connectivity index (χ1v) is 11.4.